The summed E-state index contributed by atoms with van der Waals surface area (Å²) in [5, 5.41) is 36.2. The van der Waals surface area contributed by atoms with E-state index in [4.69, 9.17) is 30.4 Å². The van der Waals surface area contributed by atoms with Crippen LogP contribution in [0.5, 0.6) is 11.5 Å². The highest BCUT2D eigenvalue weighted by Gasteiger charge is 2.15. The van der Waals surface area contributed by atoms with E-state index in [1.807, 2.05) is 24.3 Å². The quantitative estimate of drug-likeness (QED) is 0.799. The Morgan fingerprint density at radius 3 is 1.17 bits per heavy atom. The molecule has 0 atom stereocenters. The average Bonchev–Trinajstić information content (AvgIpc) is 2.61. The summed E-state index contributed by atoms with van der Waals surface area (Å²) in [6.07, 6.45) is 0. The molecule has 0 unspecified atom stereocenters. The van der Waals surface area contributed by atoms with Gasteiger partial charge in [0.2, 0.25) is 0 Å². The third kappa shape index (κ3) is 3.22. The van der Waals surface area contributed by atoms with Gasteiger partial charge in [0.05, 0.1) is 22.3 Å². The Hall–Kier alpha value is -3.94. The van der Waals surface area contributed by atoms with Crippen molar-refractivity contribution >= 4 is 7.69 Å². The first-order chi connectivity index (χ1) is 11.2. The first-order valence-electron chi connectivity index (χ1n) is 6.26. The van der Waals surface area contributed by atoms with Crippen molar-refractivity contribution in [3.63, 3.8) is 0 Å². The SMILES string of the molecule is N#Cc1cccc(C#N)c1O[B]Oc1c(C#N)cccc1C#N. The molecule has 0 saturated heterocycles. The number of nitriles is 4. The molecule has 0 aromatic heterocycles. The zero-order chi connectivity index (χ0) is 16.7. The van der Waals surface area contributed by atoms with Crippen LogP contribution in [0.4, 0.5) is 0 Å². The predicted octanol–water partition coefficient (Wildman–Crippen LogP) is 2.17. The summed E-state index contributed by atoms with van der Waals surface area (Å²) in [6.45, 7) is 0. The van der Waals surface area contributed by atoms with E-state index in [0.29, 0.717) is 0 Å². The fourth-order valence-corrected chi connectivity index (χ4v) is 1.80. The van der Waals surface area contributed by atoms with Crippen LogP contribution in [-0.4, -0.2) is 7.69 Å². The van der Waals surface area contributed by atoms with Gasteiger partial charge in [-0.1, -0.05) is 12.1 Å². The number of hydrogen-bond donors (Lipinski definition) is 0. The zero-order valence-electron chi connectivity index (χ0n) is 11.6. The molecular formula is C16H6BN4O2. The van der Waals surface area contributed by atoms with Crippen molar-refractivity contribution in [1.82, 2.24) is 0 Å². The highest BCUT2D eigenvalue weighted by Crippen LogP contribution is 2.25. The lowest BCUT2D eigenvalue weighted by Crippen LogP contribution is -2.14. The van der Waals surface area contributed by atoms with Crippen LogP contribution >= 0.6 is 0 Å². The molecule has 1 radical (unpaired) electrons. The van der Waals surface area contributed by atoms with Crippen molar-refractivity contribution in [2.45, 2.75) is 0 Å². The molecule has 105 valence electrons. The topological polar surface area (TPSA) is 114 Å². The second kappa shape index (κ2) is 7.18. The lowest BCUT2D eigenvalue weighted by Gasteiger charge is -2.10. The summed E-state index contributed by atoms with van der Waals surface area (Å²) in [4.78, 5) is 0. The standard InChI is InChI=1S/C16H6BN4O2/c18-7-11-3-1-4-12(8-19)15(11)22-17-23-16-13(9-20)5-2-6-14(16)10-21/h1-6H. The van der Waals surface area contributed by atoms with E-state index in [-0.39, 0.29) is 33.8 Å². The Kier molecular flexibility index (Phi) is 4.83. The minimum atomic E-state index is 0.0467. The van der Waals surface area contributed by atoms with E-state index in [9.17, 15) is 0 Å². The van der Waals surface area contributed by atoms with E-state index in [1.54, 1.807) is 12.1 Å². The molecule has 0 aliphatic rings. The second-order valence-electron chi connectivity index (χ2n) is 4.14. The second-order valence-corrected chi connectivity index (χ2v) is 4.14. The van der Waals surface area contributed by atoms with Crippen LogP contribution in [0.15, 0.2) is 36.4 Å². The summed E-state index contributed by atoms with van der Waals surface area (Å²) in [7, 11) is 0.883. The van der Waals surface area contributed by atoms with Gasteiger partial charge in [-0.05, 0) is 24.3 Å². The van der Waals surface area contributed by atoms with Gasteiger partial charge in [0.15, 0.2) is 0 Å². The van der Waals surface area contributed by atoms with Gasteiger partial charge in [0, 0.05) is 0 Å². The number of hydrogen-bond acceptors (Lipinski definition) is 6. The van der Waals surface area contributed by atoms with Crippen LogP contribution in [0.3, 0.4) is 0 Å². The van der Waals surface area contributed by atoms with Crippen LogP contribution in [0.25, 0.3) is 0 Å². The Balaban J connectivity index is 2.23. The van der Waals surface area contributed by atoms with Gasteiger partial charge in [-0.15, -0.1) is 0 Å². The number of nitrogens with zero attached hydrogens (tertiary/aromatic N) is 4. The van der Waals surface area contributed by atoms with Gasteiger partial charge >= 0.3 is 7.69 Å². The maximum Gasteiger partial charge on any atom is 0.658 e. The Morgan fingerprint density at radius 1 is 0.609 bits per heavy atom. The molecule has 0 amide bonds. The summed E-state index contributed by atoms with van der Waals surface area (Å²) in [5.41, 5.74) is 0.659. The smallest absolute Gasteiger partial charge is 0.524 e. The minimum Gasteiger partial charge on any atom is -0.524 e. The zero-order valence-corrected chi connectivity index (χ0v) is 11.6. The van der Waals surface area contributed by atoms with E-state index >= 15 is 0 Å². The molecule has 2 aromatic carbocycles. The summed E-state index contributed by atoms with van der Waals surface area (Å²) in [5.74, 6) is 0.0934. The van der Waals surface area contributed by atoms with Crippen LogP contribution < -0.4 is 9.31 Å². The van der Waals surface area contributed by atoms with Crippen molar-refractivity contribution in [1.29, 1.82) is 21.0 Å². The van der Waals surface area contributed by atoms with Gasteiger partial charge in [-0.25, -0.2) is 0 Å². The van der Waals surface area contributed by atoms with E-state index in [0.717, 1.165) is 7.69 Å². The molecule has 6 nitrogen and oxygen atoms in total. The van der Waals surface area contributed by atoms with Crippen LogP contribution in [0.1, 0.15) is 22.3 Å². The highest BCUT2D eigenvalue weighted by atomic mass is 16.6. The van der Waals surface area contributed by atoms with Gasteiger partial charge in [-0.3, -0.25) is 0 Å². The third-order valence-electron chi connectivity index (χ3n) is 2.84. The first kappa shape index (κ1) is 15.5. The molecule has 0 saturated carbocycles. The monoisotopic (exact) mass is 297 g/mol. The lowest BCUT2D eigenvalue weighted by molar-refractivity contribution is 0.456. The molecule has 0 aliphatic heterocycles. The maximum absolute atomic E-state index is 9.04. The van der Waals surface area contributed by atoms with Crippen molar-refractivity contribution in [3.05, 3.63) is 58.7 Å². The first-order valence-corrected chi connectivity index (χ1v) is 6.26. The molecule has 0 aliphatic carbocycles. The molecule has 0 spiro atoms. The van der Waals surface area contributed by atoms with Crippen molar-refractivity contribution in [2.75, 3.05) is 0 Å². The molecule has 0 fully saturated rings. The predicted molar refractivity (Wildman–Crippen MR) is 78.8 cm³/mol. The van der Waals surface area contributed by atoms with E-state index < -0.39 is 0 Å². The molecule has 2 rings (SSSR count). The Labute approximate surface area is 133 Å². The van der Waals surface area contributed by atoms with Crippen LogP contribution in [-0.2, 0) is 0 Å². The lowest BCUT2D eigenvalue weighted by atomic mass is 10.1. The van der Waals surface area contributed by atoms with Crippen molar-refractivity contribution in [3.8, 4) is 35.8 Å². The molecule has 2 aromatic rings. The van der Waals surface area contributed by atoms with E-state index in [2.05, 4.69) is 0 Å². The van der Waals surface area contributed by atoms with Crippen molar-refractivity contribution < 1.29 is 9.31 Å². The Morgan fingerprint density at radius 2 is 0.913 bits per heavy atom. The molecule has 23 heavy (non-hydrogen) atoms. The van der Waals surface area contributed by atoms with Crippen LogP contribution in [0, 0.1) is 45.3 Å². The fourth-order valence-electron chi connectivity index (χ4n) is 1.80. The Bertz CT molecular complexity index is 774. The van der Waals surface area contributed by atoms with Crippen molar-refractivity contribution in [2.24, 2.45) is 0 Å². The minimum absolute atomic E-state index is 0.0467. The summed E-state index contributed by atoms with van der Waals surface area (Å²) >= 11 is 0. The largest absolute Gasteiger partial charge is 0.658 e. The normalized spacial score (nSPS) is 8.70. The van der Waals surface area contributed by atoms with Crippen LogP contribution in [0.2, 0.25) is 0 Å². The molecule has 7 heteroatoms. The summed E-state index contributed by atoms with van der Waals surface area (Å²) < 4.78 is 10.5. The molecular weight excluding hydrogens is 291 g/mol. The van der Waals surface area contributed by atoms with Gasteiger partial charge < -0.3 is 9.31 Å². The number of para-hydroxylation sites is 2. The fraction of sp³-hybridized carbons (Fsp3) is 0. The highest BCUT2D eigenvalue weighted by molar-refractivity contribution is 6.21. The van der Waals surface area contributed by atoms with Gasteiger partial charge in [-0.2, -0.15) is 21.0 Å². The van der Waals surface area contributed by atoms with Gasteiger partial charge in [0.1, 0.15) is 35.8 Å². The molecule has 0 bridgehead atoms. The third-order valence-corrected chi connectivity index (χ3v) is 2.84. The molecule has 0 N–H and O–H groups in total. The average molecular weight is 297 g/mol. The number of benzene rings is 2. The number of rotatable bonds is 4. The van der Waals surface area contributed by atoms with E-state index in [1.165, 1.54) is 24.3 Å². The maximum atomic E-state index is 9.04. The summed E-state index contributed by atoms with van der Waals surface area (Å²) in [6, 6.07) is 16.7. The van der Waals surface area contributed by atoms with Gasteiger partial charge in [0.25, 0.3) is 0 Å². The molecule has 0 heterocycles.